The summed E-state index contributed by atoms with van der Waals surface area (Å²) in [5.74, 6) is 0.698. The van der Waals surface area contributed by atoms with Crippen LogP contribution in [0.3, 0.4) is 0 Å². The Morgan fingerprint density at radius 1 is 0.299 bits per heavy atom. The maximum absolute atomic E-state index is 5.17. The number of hydrogen-bond donors (Lipinski definition) is 0. The lowest BCUT2D eigenvalue weighted by atomic mass is 9.90. The molecule has 0 aliphatic carbocycles. The molecule has 0 N–H and O–H groups in total. The molecule has 67 heavy (non-hydrogen) atoms. The average Bonchev–Trinajstić information content (AvgIpc) is 3.98. The second-order valence-electron chi connectivity index (χ2n) is 18.0. The number of para-hydroxylation sites is 6. The zero-order chi connectivity index (χ0) is 44.9. The van der Waals surface area contributed by atoms with Crippen LogP contribution in [0.15, 0.2) is 200 Å². The van der Waals surface area contributed by atoms with Crippen molar-refractivity contribution in [2.45, 2.75) is 27.7 Å². The van der Waals surface area contributed by atoms with Crippen molar-refractivity contribution in [3.63, 3.8) is 0 Å². The molecule has 0 atom stereocenters. The quantitative estimate of drug-likeness (QED) is 0.167. The molecule has 0 aliphatic heterocycles. The van der Waals surface area contributed by atoms with Crippen LogP contribution in [0, 0.1) is 27.7 Å². The lowest BCUT2D eigenvalue weighted by Gasteiger charge is -2.24. The Kier molecular flexibility index (Phi) is 8.71. The topological polar surface area (TPSA) is 40.6 Å². The Balaban J connectivity index is 1.24. The summed E-state index contributed by atoms with van der Waals surface area (Å²) < 4.78 is 7.44. The lowest BCUT2D eigenvalue weighted by Crippen LogP contribution is -2.06. The van der Waals surface area contributed by atoms with Crippen molar-refractivity contribution in [1.82, 2.24) is 23.7 Å². The van der Waals surface area contributed by atoms with E-state index in [1.54, 1.807) is 0 Å². The standard InChI is InChI=1S/C62H45N5/c1-38-29-31-59-49(33-38)50-34-39(2)30-32-60(50)67(59)61-51(47-21-9-15-27-57(47)65-53-23-11-5-17-43(53)44-18-6-12-24-54(44)65)36-42(62-63-40(3)35-41(4)64-62)37-52(61)48-22-10-16-28-58(48)66-55-25-13-7-19-45(55)46-20-8-14-26-56(46)66/h5-37H,1-4H3. The maximum atomic E-state index is 5.17. The first-order chi connectivity index (χ1) is 32.9. The molecule has 5 nitrogen and oxygen atoms in total. The first-order valence-electron chi connectivity index (χ1n) is 23.1. The molecule has 0 unspecified atom stereocenters. The van der Waals surface area contributed by atoms with Gasteiger partial charge in [0.25, 0.3) is 0 Å². The molecule has 0 saturated heterocycles. The van der Waals surface area contributed by atoms with E-state index >= 15 is 0 Å². The van der Waals surface area contributed by atoms with Crippen molar-refractivity contribution >= 4 is 65.4 Å². The van der Waals surface area contributed by atoms with Crippen LogP contribution >= 0.6 is 0 Å². The number of aromatic nitrogens is 5. The van der Waals surface area contributed by atoms with Crippen LogP contribution in [-0.2, 0) is 0 Å². The Morgan fingerprint density at radius 3 is 1.07 bits per heavy atom. The molecule has 0 spiro atoms. The van der Waals surface area contributed by atoms with Crippen LogP contribution in [0.5, 0.6) is 0 Å². The first-order valence-corrected chi connectivity index (χ1v) is 23.1. The maximum Gasteiger partial charge on any atom is 0.159 e. The van der Waals surface area contributed by atoms with Gasteiger partial charge in [0.15, 0.2) is 5.82 Å². The third kappa shape index (κ3) is 6.01. The van der Waals surface area contributed by atoms with Gasteiger partial charge in [-0.1, -0.05) is 132 Å². The number of benzene rings is 9. The molecule has 0 aliphatic rings. The van der Waals surface area contributed by atoms with Crippen LogP contribution in [0.25, 0.3) is 116 Å². The van der Waals surface area contributed by atoms with E-state index in [9.17, 15) is 0 Å². The zero-order valence-electron chi connectivity index (χ0n) is 37.8. The molecule has 0 bridgehead atoms. The summed E-state index contributed by atoms with van der Waals surface area (Å²) in [5.41, 5.74) is 19.8. The first kappa shape index (κ1) is 38.9. The average molecular weight is 860 g/mol. The summed E-state index contributed by atoms with van der Waals surface area (Å²) in [6, 6.07) is 73.6. The van der Waals surface area contributed by atoms with Crippen LogP contribution < -0.4 is 0 Å². The highest BCUT2D eigenvalue weighted by Gasteiger charge is 2.27. The fourth-order valence-corrected chi connectivity index (χ4v) is 10.9. The van der Waals surface area contributed by atoms with E-state index in [0.717, 1.165) is 89.4 Å². The van der Waals surface area contributed by atoms with Gasteiger partial charge in [-0.15, -0.1) is 0 Å². The minimum absolute atomic E-state index is 0.698. The van der Waals surface area contributed by atoms with Crippen molar-refractivity contribution < 1.29 is 0 Å². The SMILES string of the molecule is Cc1ccc2c(c1)c1cc(C)ccc1n2-c1c(-c2ccccc2-n2c3ccccc3c3ccccc32)cc(-c2nc(C)cc(C)n2)cc1-c1ccccc1-n1c2ccccc2c2ccccc21. The second kappa shape index (κ2) is 15.0. The molecule has 0 saturated carbocycles. The van der Waals surface area contributed by atoms with Crippen molar-refractivity contribution in [2.24, 2.45) is 0 Å². The van der Waals surface area contributed by atoms with Crippen LogP contribution in [-0.4, -0.2) is 23.7 Å². The van der Waals surface area contributed by atoms with Gasteiger partial charge in [-0.05, 0) is 107 Å². The molecule has 13 aromatic rings. The number of nitrogens with zero attached hydrogens (tertiary/aromatic N) is 5. The third-order valence-electron chi connectivity index (χ3n) is 13.7. The van der Waals surface area contributed by atoms with Gasteiger partial charge in [0.2, 0.25) is 0 Å². The summed E-state index contributed by atoms with van der Waals surface area (Å²) in [6.07, 6.45) is 0. The smallest absolute Gasteiger partial charge is 0.159 e. The second-order valence-corrected chi connectivity index (χ2v) is 18.0. The molecule has 318 valence electrons. The van der Waals surface area contributed by atoms with Gasteiger partial charge < -0.3 is 13.7 Å². The third-order valence-corrected chi connectivity index (χ3v) is 13.7. The van der Waals surface area contributed by atoms with Gasteiger partial charge in [0, 0.05) is 71.5 Å². The molecule has 0 fully saturated rings. The molecule has 13 rings (SSSR count). The predicted octanol–water partition coefficient (Wildman–Crippen LogP) is 16.0. The van der Waals surface area contributed by atoms with Crippen LogP contribution in [0.1, 0.15) is 22.5 Å². The highest BCUT2D eigenvalue weighted by atomic mass is 15.0. The summed E-state index contributed by atoms with van der Waals surface area (Å²) >= 11 is 0. The van der Waals surface area contributed by atoms with Crippen LogP contribution in [0.2, 0.25) is 0 Å². The molecule has 4 aromatic heterocycles. The molecular formula is C62H45N5. The number of aryl methyl sites for hydroxylation is 4. The van der Waals surface area contributed by atoms with E-state index in [4.69, 9.17) is 9.97 Å². The minimum atomic E-state index is 0.698. The predicted molar refractivity (Wildman–Crippen MR) is 280 cm³/mol. The summed E-state index contributed by atoms with van der Waals surface area (Å²) in [5, 5.41) is 7.34. The van der Waals surface area contributed by atoms with Gasteiger partial charge in [0.1, 0.15) is 0 Å². The van der Waals surface area contributed by atoms with Gasteiger partial charge in [0.05, 0.1) is 50.2 Å². The molecule has 4 heterocycles. The van der Waals surface area contributed by atoms with Gasteiger partial charge in [-0.2, -0.15) is 0 Å². The molecule has 0 amide bonds. The minimum Gasteiger partial charge on any atom is -0.309 e. The Labute approximate surface area is 388 Å². The van der Waals surface area contributed by atoms with E-state index in [1.807, 2.05) is 0 Å². The highest BCUT2D eigenvalue weighted by Crippen LogP contribution is 2.48. The largest absolute Gasteiger partial charge is 0.309 e. The zero-order valence-corrected chi connectivity index (χ0v) is 37.8. The monoisotopic (exact) mass is 859 g/mol. The van der Waals surface area contributed by atoms with Gasteiger partial charge >= 0.3 is 0 Å². The lowest BCUT2D eigenvalue weighted by molar-refractivity contribution is 1.06. The molecule has 0 radical (unpaired) electrons. The fourth-order valence-electron chi connectivity index (χ4n) is 10.9. The Morgan fingerprint density at radius 2 is 0.657 bits per heavy atom. The Hall–Kier alpha value is -8.54. The molecular weight excluding hydrogens is 815 g/mol. The van der Waals surface area contributed by atoms with Crippen LogP contribution in [0.4, 0.5) is 0 Å². The van der Waals surface area contributed by atoms with Gasteiger partial charge in [-0.25, -0.2) is 9.97 Å². The summed E-state index contributed by atoms with van der Waals surface area (Å²) in [4.78, 5) is 10.3. The van der Waals surface area contributed by atoms with Crippen molar-refractivity contribution in [3.05, 3.63) is 223 Å². The number of hydrogen-bond acceptors (Lipinski definition) is 2. The van der Waals surface area contributed by atoms with E-state index in [-0.39, 0.29) is 0 Å². The summed E-state index contributed by atoms with van der Waals surface area (Å²) in [6.45, 7) is 8.51. The number of rotatable bonds is 6. The van der Waals surface area contributed by atoms with Gasteiger partial charge in [-0.3, -0.25) is 0 Å². The van der Waals surface area contributed by atoms with Crippen molar-refractivity contribution in [3.8, 4) is 50.7 Å². The van der Waals surface area contributed by atoms with E-state index in [2.05, 4.69) is 242 Å². The van der Waals surface area contributed by atoms with E-state index in [0.29, 0.717) is 5.82 Å². The summed E-state index contributed by atoms with van der Waals surface area (Å²) in [7, 11) is 0. The number of fused-ring (bicyclic) bond motifs is 9. The normalized spacial score (nSPS) is 11.9. The van der Waals surface area contributed by atoms with Crippen molar-refractivity contribution in [1.29, 1.82) is 0 Å². The van der Waals surface area contributed by atoms with Crippen molar-refractivity contribution in [2.75, 3.05) is 0 Å². The van der Waals surface area contributed by atoms with E-state index < -0.39 is 0 Å². The molecule has 9 aromatic carbocycles. The van der Waals surface area contributed by atoms with E-state index in [1.165, 1.54) is 43.4 Å². The Bertz CT molecular complexity index is 3800. The fraction of sp³-hybridized carbons (Fsp3) is 0.0645. The molecule has 5 heteroatoms. The highest BCUT2D eigenvalue weighted by molar-refractivity contribution is 6.14.